The van der Waals surface area contributed by atoms with Crippen LogP contribution in [-0.2, 0) is 9.53 Å². The van der Waals surface area contributed by atoms with Gasteiger partial charge in [-0.1, -0.05) is 11.8 Å². The van der Waals surface area contributed by atoms with Crippen LogP contribution in [0.25, 0.3) is 0 Å². The largest absolute Gasteiger partial charge is 0.465 e. The van der Waals surface area contributed by atoms with Crippen molar-refractivity contribution in [2.45, 2.75) is 36.7 Å². The molecule has 2 rings (SSSR count). The first kappa shape index (κ1) is 13.2. The van der Waals surface area contributed by atoms with Gasteiger partial charge in [0.1, 0.15) is 5.25 Å². The summed E-state index contributed by atoms with van der Waals surface area (Å²) in [5.74, 6) is 0.656. The maximum atomic E-state index is 11.5. The van der Waals surface area contributed by atoms with Crippen molar-refractivity contribution in [3.05, 3.63) is 0 Å². The monoisotopic (exact) mass is 270 g/mol. The molecule has 18 heavy (non-hydrogen) atoms. The van der Waals surface area contributed by atoms with E-state index >= 15 is 0 Å². The minimum absolute atomic E-state index is 0.148. The number of anilines is 1. The minimum Gasteiger partial charge on any atom is -0.465 e. The van der Waals surface area contributed by atoms with Gasteiger partial charge in [-0.2, -0.15) is 0 Å². The molecule has 0 unspecified atom stereocenters. The number of carbonyl (C=O) groups excluding carboxylic acids is 1. The second kappa shape index (κ2) is 5.17. The highest BCUT2D eigenvalue weighted by atomic mass is 32.2. The number of esters is 1. The Morgan fingerprint density at radius 1 is 1.44 bits per heavy atom. The predicted molar refractivity (Wildman–Crippen MR) is 70.0 cm³/mol. The molecule has 0 radical (unpaired) electrons. The van der Waals surface area contributed by atoms with E-state index in [1.807, 2.05) is 23.6 Å². The quantitative estimate of drug-likeness (QED) is 0.769. The molecule has 0 N–H and O–H groups in total. The van der Waals surface area contributed by atoms with E-state index in [0.29, 0.717) is 6.61 Å². The predicted octanol–water partition coefficient (Wildman–Crippen LogP) is 1.33. The van der Waals surface area contributed by atoms with Gasteiger partial charge in [-0.3, -0.25) is 9.36 Å². The molecule has 1 aromatic rings. The summed E-state index contributed by atoms with van der Waals surface area (Å²) in [4.78, 5) is 13.4. The first-order valence-corrected chi connectivity index (χ1v) is 6.84. The maximum Gasteiger partial charge on any atom is 0.319 e. The Morgan fingerprint density at radius 2 is 2.17 bits per heavy atom. The fourth-order valence-corrected chi connectivity index (χ4v) is 2.94. The normalized spacial score (nSPS) is 19.4. The average Bonchev–Trinajstić information content (AvgIpc) is 2.86. The number of carbonyl (C=O) groups is 1. The molecular weight excluding hydrogens is 252 g/mol. The van der Waals surface area contributed by atoms with Gasteiger partial charge in [-0.25, -0.2) is 0 Å². The standard InChI is InChI=1S/C11H18N4O2S/c1-7(2)15-10(14(3)4)12-13-11(15)18-8-5-6-17-9(8)16/h7-8H,5-6H2,1-4H3/t8-/m1/s1. The molecule has 1 aromatic heterocycles. The summed E-state index contributed by atoms with van der Waals surface area (Å²) in [6.45, 7) is 4.66. The van der Waals surface area contributed by atoms with Gasteiger partial charge in [0.05, 0.1) is 6.61 Å². The van der Waals surface area contributed by atoms with Crippen molar-refractivity contribution in [2.75, 3.05) is 25.6 Å². The summed E-state index contributed by atoms with van der Waals surface area (Å²) < 4.78 is 7.00. The Hall–Kier alpha value is -1.24. The summed E-state index contributed by atoms with van der Waals surface area (Å²) in [5.41, 5.74) is 0. The van der Waals surface area contributed by atoms with E-state index in [-0.39, 0.29) is 17.3 Å². The summed E-state index contributed by atoms with van der Waals surface area (Å²) in [6, 6.07) is 0.248. The first-order chi connectivity index (χ1) is 8.50. The highest BCUT2D eigenvalue weighted by molar-refractivity contribution is 8.00. The summed E-state index contributed by atoms with van der Waals surface area (Å²) in [6.07, 6.45) is 0.742. The van der Waals surface area contributed by atoms with Crippen LogP contribution >= 0.6 is 11.8 Å². The van der Waals surface area contributed by atoms with Crippen molar-refractivity contribution >= 4 is 23.7 Å². The molecular formula is C11H18N4O2S. The molecule has 1 saturated heterocycles. The van der Waals surface area contributed by atoms with Crippen molar-refractivity contribution in [3.8, 4) is 0 Å². The Balaban J connectivity index is 2.24. The highest BCUT2D eigenvalue weighted by Gasteiger charge is 2.30. The third-order valence-corrected chi connectivity index (χ3v) is 3.90. The van der Waals surface area contributed by atoms with Crippen LogP contribution in [0.5, 0.6) is 0 Å². The maximum absolute atomic E-state index is 11.5. The van der Waals surface area contributed by atoms with Gasteiger partial charge in [0.15, 0.2) is 5.16 Å². The van der Waals surface area contributed by atoms with Crippen LogP contribution in [0.3, 0.4) is 0 Å². The Kier molecular flexibility index (Phi) is 3.79. The lowest BCUT2D eigenvalue weighted by Crippen LogP contribution is -2.18. The van der Waals surface area contributed by atoms with E-state index in [1.54, 1.807) is 0 Å². The zero-order valence-electron chi connectivity index (χ0n) is 11.1. The van der Waals surface area contributed by atoms with E-state index in [2.05, 4.69) is 24.0 Å². The van der Waals surface area contributed by atoms with Gasteiger partial charge in [0.25, 0.3) is 0 Å². The number of aromatic nitrogens is 3. The van der Waals surface area contributed by atoms with E-state index in [9.17, 15) is 4.79 Å². The fourth-order valence-electron chi connectivity index (χ4n) is 1.82. The second-order valence-corrected chi connectivity index (χ2v) is 5.87. The lowest BCUT2D eigenvalue weighted by Gasteiger charge is -2.18. The molecule has 7 heteroatoms. The molecule has 0 aliphatic carbocycles. The van der Waals surface area contributed by atoms with Gasteiger partial charge < -0.3 is 9.64 Å². The smallest absolute Gasteiger partial charge is 0.319 e. The van der Waals surface area contributed by atoms with Gasteiger partial charge in [0, 0.05) is 26.6 Å². The summed E-state index contributed by atoms with van der Waals surface area (Å²) in [7, 11) is 3.86. The number of nitrogens with zero attached hydrogens (tertiary/aromatic N) is 4. The molecule has 6 nitrogen and oxygen atoms in total. The molecule has 2 heterocycles. The molecule has 100 valence electrons. The van der Waals surface area contributed by atoms with Crippen molar-refractivity contribution in [3.63, 3.8) is 0 Å². The molecule has 1 aliphatic heterocycles. The fraction of sp³-hybridized carbons (Fsp3) is 0.727. The molecule has 0 saturated carbocycles. The van der Waals surface area contributed by atoms with Crippen LogP contribution < -0.4 is 4.90 Å². The third kappa shape index (κ3) is 2.45. The van der Waals surface area contributed by atoms with E-state index < -0.39 is 0 Å². The second-order valence-electron chi connectivity index (χ2n) is 4.70. The zero-order chi connectivity index (χ0) is 13.3. The highest BCUT2D eigenvalue weighted by Crippen LogP contribution is 2.32. The van der Waals surface area contributed by atoms with Crippen molar-refractivity contribution in [1.82, 2.24) is 14.8 Å². The Morgan fingerprint density at radius 3 is 2.67 bits per heavy atom. The van der Waals surface area contributed by atoms with Crippen molar-refractivity contribution < 1.29 is 9.53 Å². The van der Waals surface area contributed by atoms with Crippen molar-refractivity contribution in [1.29, 1.82) is 0 Å². The van der Waals surface area contributed by atoms with Gasteiger partial charge in [-0.05, 0) is 13.8 Å². The zero-order valence-corrected chi connectivity index (χ0v) is 11.9. The lowest BCUT2D eigenvalue weighted by molar-refractivity contribution is -0.137. The van der Waals surface area contributed by atoms with Gasteiger partial charge in [0.2, 0.25) is 5.95 Å². The number of cyclic esters (lactones) is 1. The topological polar surface area (TPSA) is 60.3 Å². The van der Waals surface area contributed by atoms with Crippen LogP contribution in [0.2, 0.25) is 0 Å². The molecule has 0 aromatic carbocycles. The molecule has 1 aliphatic rings. The van der Waals surface area contributed by atoms with E-state index in [4.69, 9.17) is 4.74 Å². The van der Waals surface area contributed by atoms with Crippen LogP contribution in [0.4, 0.5) is 5.95 Å². The van der Waals surface area contributed by atoms with Crippen LogP contribution in [0.15, 0.2) is 5.16 Å². The number of hydrogen-bond acceptors (Lipinski definition) is 6. The SMILES string of the molecule is CC(C)n1c(S[C@@H]2CCOC2=O)nnc1N(C)C. The molecule has 1 atom stereocenters. The number of hydrogen-bond donors (Lipinski definition) is 0. The molecule has 0 bridgehead atoms. The van der Waals surface area contributed by atoms with Crippen LogP contribution in [0.1, 0.15) is 26.3 Å². The van der Waals surface area contributed by atoms with E-state index in [0.717, 1.165) is 17.5 Å². The Bertz CT molecular complexity index is 444. The third-order valence-electron chi connectivity index (χ3n) is 2.70. The number of thioether (sulfide) groups is 1. The van der Waals surface area contributed by atoms with Gasteiger partial charge in [-0.15, -0.1) is 10.2 Å². The lowest BCUT2D eigenvalue weighted by atomic mass is 10.4. The van der Waals surface area contributed by atoms with Gasteiger partial charge >= 0.3 is 5.97 Å². The molecule has 0 spiro atoms. The molecule has 1 fully saturated rings. The summed E-state index contributed by atoms with van der Waals surface area (Å²) >= 11 is 1.44. The van der Waals surface area contributed by atoms with Crippen LogP contribution in [0, 0.1) is 0 Å². The number of ether oxygens (including phenoxy) is 1. The Labute approximate surface area is 111 Å². The van der Waals surface area contributed by atoms with Crippen LogP contribution in [-0.4, -0.2) is 46.7 Å². The molecule has 0 amide bonds. The average molecular weight is 270 g/mol. The summed E-state index contributed by atoms with van der Waals surface area (Å²) in [5, 5.41) is 8.98. The first-order valence-electron chi connectivity index (χ1n) is 5.96. The minimum atomic E-state index is -0.151. The van der Waals surface area contributed by atoms with Crippen molar-refractivity contribution in [2.24, 2.45) is 0 Å². The van der Waals surface area contributed by atoms with E-state index in [1.165, 1.54) is 11.8 Å². The number of rotatable bonds is 4.